The average Bonchev–Trinajstić information content (AvgIpc) is 2.89. The third-order valence-corrected chi connectivity index (χ3v) is 7.32. The number of anilines is 2. The molecule has 0 aliphatic carbocycles. The molecule has 0 atom stereocenters. The van der Waals surface area contributed by atoms with Crippen LogP contribution < -0.4 is 15.4 Å². The van der Waals surface area contributed by atoms with E-state index in [1.54, 1.807) is 54.6 Å². The number of rotatable bonds is 12. The number of fused-ring (bicyclic) bond motifs is 1. The van der Waals surface area contributed by atoms with Crippen LogP contribution in [-0.2, 0) is 9.84 Å². The second-order valence-electron chi connectivity index (χ2n) is 8.17. The van der Waals surface area contributed by atoms with Gasteiger partial charge in [-0.05, 0) is 86.9 Å². The monoisotopic (exact) mass is 490 g/mol. The number of nitrogens with one attached hydrogen (secondary N) is 2. The van der Waals surface area contributed by atoms with Crippen molar-refractivity contribution in [1.29, 1.82) is 0 Å². The van der Waals surface area contributed by atoms with Crippen molar-refractivity contribution in [3.8, 4) is 5.75 Å². The molecule has 0 amide bonds. The Hall–Kier alpha value is -3.49. The molecule has 0 bridgehead atoms. The highest BCUT2D eigenvalue weighted by atomic mass is 32.2. The molecule has 8 heteroatoms. The van der Waals surface area contributed by atoms with Crippen molar-refractivity contribution in [2.75, 3.05) is 25.0 Å². The Kier molecular flexibility index (Phi) is 8.28. The first kappa shape index (κ1) is 24.6. The van der Waals surface area contributed by atoms with E-state index >= 15 is 0 Å². The third kappa shape index (κ3) is 6.35. The summed E-state index contributed by atoms with van der Waals surface area (Å²) in [6.45, 7) is 4.86. The lowest BCUT2D eigenvalue weighted by Crippen LogP contribution is -2.16. The van der Waals surface area contributed by atoms with E-state index in [4.69, 9.17) is 4.74 Å². The van der Waals surface area contributed by atoms with Crippen LogP contribution in [0, 0.1) is 0 Å². The van der Waals surface area contributed by atoms with Gasteiger partial charge in [-0.1, -0.05) is 25.1 Å². The lowest BCUT2D eigenvalue weighted by Gasteiger charge is -2.11. The number of ether oxygens (including phenoxy) is 1. The fourth-order valence-electron chi connectivity index (χ4n) is 3.66. The van der Waals surface area contributed by atoms with Crippen molar-refractivity contribution in [2.24, 2.45) is 0 Å². The quantitative estimate of drug-likeness (QED) is 0.258. The lowest BCUT2D eigenvalue weighted by molar-refractivity contribution is 0.306. The van der Waals surface area contributed by atoms with Crippen LogP contribution >= 0.6 is 0 Å². The predicted molar refractivity (Wildman–Crippen MR) is 139 cm³/mol. The third-order valence-electron chi connectivity index (χ3n) is 5.53. The van der Waals surface area contributed by atoms with Crippen molar-refractivity contribution < 1.29 is 13.2 Å². The molecule has 0 spiro atoms. The molecular weight excluding hydrogens is 460 g/mol. The maximum Gasteiger partial charge on any atom is 0.206 e. The number of unbranched alkanes of at least 4 members (excludes halogenated alkanes) is 1. The highest BCUT2D eigenvalue weighted by molar-refractivity contribution is 7.91. The molecule has 7 nitrogen and oxygen atoms in total. The summed E-state index contributed by atoms with van der Waals surface area (Å²) in [5.74, 6) is 1.39. The van der Waals surface area contributed by atoms with Crippen LogP contribution in [0.25, 0.3) is 10.9 Å². The minimum Gasteiger partial charge on any atom is -0.494 e. The molecular formula is C27H30N4O3S. The second-order valence-corrected chi connectivity index (χ2v) is 10.1. The molecule has 0 radical (unpaired) electrons. The molecule has 1 heterocycles. The molecule has 0 saturated heterocycles. The SMILES string of the molecule is CCCNCCCCOc1ccc2ncnc(Nc3ccc(S(=O)(=O)c4ccccc4)cc3)c2c1. The molecule has 182 valence electrons. The van der Waals surface area contributed by atoms with Gasteiger partial charge in [-0.2, -0.15) is 0 Å². The molecule has 0 saturated carbocycles. The van der Waals surface area contributed by atoms with Gasteiger partial charge in [0, 0.05) is 11.1 Å². The first-order valence-corrected chi connectivity index (χ1v) is 13.3. The minimum absolute atomic E-state index is 0.238. The van der Waals surface area contributed by atoms with E-state index in [1.165, 1.54) is 6.33 Å². The summed E-state index contributed by atoms with van der Waals surface area (Å²) < 4.78 is 31.6. The van der Waals surface area contributed by atoms with Crippen molar-refractivity contribution in [2.45, 2.75) is 36.0 Å². The number of hydrogen-bond donors (Lipinski definition) is 2. The zero-order valence-electron chi connectivity index (χ0n) is 19.8. The molecule has 0 unspecified atom stereocenters. The molecule has 2 N–H and O–H groups in total. The maximum atomic E-state index is 12.8. The predicted octanol–water partition coefficient (Wildman–Crippen LogP) is 5.36. The zero-order chi connectivity index (χ0) is 24.5. The smallest absolute Gasteiger partial charge is 0.206 e. The Labute approximate surface area is 206 Å². The number of hydrogen-bond acceptors (Lipinski definition) is 7. The van der Waals surface area contributed by atoms with Gasteiger partial charge in [-0.25, -0.2) is 18.4 Å². The summed E-state index contributed by atoms with van der Waals surface area (Å²) in [4.78, 5) is 9.25. The fraction of sp³-hybridized carbons (Fsp3) is 0.259. The van der Waals surface area contributed by atoms with Crippen LogP contribution in [-0.4, -0.2) is 38.1 Å². The molecule has 0 aliphatic rings. The molecule has 0 fully saturated rings. The van der Waals surface area contributed by atoms with Crippen molar-refractivity contribution in [1.82, 2.24) is 15.3 Å². The highest BCUT2D eigenvalue weighted by Gasteiger charge is 2.17. The lowest BCUT2D eigenvalue weighted by atomic mass is 10.2. The molecule has 4 aromatic rings. The summed E-state index contributed by atoms with van der Waals surface area (Å²) in [5.41, 5.74) is 1.52. The van der Waals surface area contributed by atoms with Crippen LogP contribution in [0.2, 0.25) is 0 Å². The molecule has 4 rings (SSSR count). The topological polar surface area (TPSA) is 93.2 Å². The van der Waals surface area contributed by atoms with Crippen molar-refractivity contribution in [3.05, 3.63) is 79.1 Å². The normalized spacial score (nSPS) is 11.5. The number of sulfone groups is 1. The van der Waals surface area contributed by atoms with Gasteiger partial charge in [0.15, 0.2) is 0 Å². The van der Waals surface area contributed by atoms with Crippen LogP contribution in [0.3, 0.4) is 0 Å². The van der Waals surface area contributed by atoms with E-state index in [1.807, 2.05) is 18.2 Å². The maximum absolute atomic E-state index is 12.8. The Bertz CT molecular complexity index is 1340. The van der Waals surface area contributed by atoms with Gasteiger partial charge >= 0.3 is 0 Å². The first-order valence-electron chi connectivity index (χ1n) is 11.8. The summed E-state index contributed by atoms with van der Waals surface area (Å²) in [6.07, 6.45) is 4.69. The molecule has 35 heavy (non-hydrogen) atoms. The summed E-state index contributed by atoms with van der Waals surface area (Å²) in [5, 5.41) is 7.50. The van der Waals surface area contributed by atoms with Gasteiger partial charge in [0.05, 0.1) is 21.9 Å². The number of nitrogens with zero attached hydrogens (tertiary/aromatic N) is 2. The highest BCUT2D eigenvalue weighted by Crippen LogP contribution is 2.28. The van der Waals surface area contributed by atoms with E-state index < -0.39 is 9.84 Å². The van der Waals surface area contributed by atoms with E-state index in [-0.39, 0.29) is 9.79 Å². The van der Waals surface area contributed by atoms with Crippen LogP contribution in [0.5, 0.6) is 5.75 Å². The average molecular weight is 491 g/mol. The molecule has 0 aliphatic heterocycles. The van der Waals surface area contributed by atoms with Crippen molar-refractivity contribution >= 4 is 32.2 Å². The van der Waals surface area contributed by atoms with E-state index in [0.717, 1.165) is 54.7 Å². The molecule has 1 aromatic heterocycles. The zero-order valence-corrected chi connectivity index (χ0v) is 20.6. The van der Waals surface area contributed by atoms with Crippen LogP contribution in [0.15, 0.2) is 88.9 Å². The fourth-order valence-corrected chi connectivity index (χ4v) is 4.94. The van der Waals surface area contributed by atoms with Gasteiger partial charge in [-0.15, -0.1) is 0 Å². The van der Waals surface area contributed by atoms with Gasteiger partial charge in [-0.3, -0.25) is 0 Å². The summed E-state index contributed by atoms with van der Waals surface area (Å²) in [6, 6.07) is 20.8. The van der Waals surface area contributed by atoms with E-state index in [2.05, 4.69) is 27.5 Å². The van der Waals surface area contributed by atoms with Gasteiger partial charge in [0.25, 0.3) is 0 Å². The second kappa shape index (κ2) is 11.8. The number of benzene rings is 3. The Balaban J connectivity index is 1.44. The summed E-state index contributed by atoms with van der Waals surface area (Å²) >= 11 is 0. The standard InChI is InChI=1S/C27H30N4O3S/c1-2-16-28-17-6-7-18-34-22-12-15-26-25(19-22)27(30-20-29-26)31-21-10-13-24(14-11-21)35(32,33)23-8-4-3-5-9-23/h3-5,8-15,19-20,28H,2,6-7,16-18H2,1H3,(H,29,30,31). The minimum atomic E-state index is -3.56. The summed E-state index contributed by atoms with van der Waals surface area (Å²) in [7, 11) is -3.56. The Morgan fingerprint density at radius 1 is 0.857 bits per heavy atom. The van der Waals surface area contributed by atoms with Gasteiger partial charge in [0.2, 0.25) is 9.84 Å². The number of aromatic nitrogens is 2. The van der Waals surface area contributed by atoms with Crippen LogP contribution in [0.4, 0.5) is 11.5 Å². The van der Waals surface area contributed by atoms with Gasteiger partial charge < -0.3 is 15.4 Å². The van der Waals surface area contributed by atoms with Crippen molar-refractivity contribution in [3.63, 3.8) is 0 Å². The Morgan fingerprint density at radius 2 is 1.63 bits per heavy atom. The van der Waals surface area contributed by atoms with Gasteiger partial charge in [0.1, 0.15) is 17.9 Å². The van der Waals surface area contributed by atoms with E-state index in [9.17, 15) is 8.42 Å². The van der Waals surface area contributed by atoms with Crippen LogP contribution in [0.1, 0.15) is 26.2 Å². The first-order chi connectivity index (χ1) is 17.1. The molecule has 3 aromatic carbocycles. The largest absolute Gasteiger partial charge is 0.494 e. The van der Waals surface area contributed by atoms with E-state index in [0.29, 0.717) is 12.4 Å². The Morgan fingerprint density at radius 3 is 2.40 bits per heavy atom.